The van der Waals surface area contributed by atoms with E-state index in [9.17, 15) is 14.4 Å². The summed E-state index contributed by atoms with van der Waals surface area (Å²) >= 11 is 0. The van der Waals surface area contributed by atoms with E-state index in [1.54, 1.807) is 18.3 Å². The number of nitrogens with one attached hydrogen (secondary N) is 2. The maximum Gasteiger partial charge on any atom is 0.407 e. The van der Waals surface area contributed by atoms with Crippen molar-refractivity contribution in [2.75, 3.05) is 12.0 Å². The van der Waals surface area contributed by atoms with Crippen LogP contribution in [0.3, 0.4) is 0 Å². The first-order chi connectivity index (χ1) is 11.1. The molecule has 2 aromatic rings. The largest absolute Gasteiger partial charge is 0.445 e. The maximum absolute atomic E-state index is 11.8. The van der Waals surface area contributed by atoms with Crippen LogP contribution in [0.2, 0.25) is 0 Å². The first-order valence-corrected chi connectivity index (χ1v) is 6.99. The molecule has 0 atom stereocenters. The molecule has 0 saturated heterocycles. The van der Waals surface area contributed by atoms with Crippen LogP contribution in [-0.2, 0) is 16.1 Å². The monoisotopic (exact) mass is 315 g/mol. The number of benzene rings is 1. The van der Waals surface area contributed by atoms with Crippen LogP contribution in [0.15, 0.2) is 48.7 Å². The first kappa shape index (κ1) is 16.3. The standard InChI is InChI=1S/C16H17N3O4/c1-12(20)14-8-5-9-19(14)18-15(21)10-17-16(22)23-11-13-6-3-2-4-7-13/h2-9H,10-11H2,1H3,(H,17,22)(H,18,21). The molecule has 1 aromatic carbocycles. The van der Waals surface area contributed by atoms with Crippen molar-refractivity contribution < 1.29 is 19.1 Å². The highest BCUT2D eigenvalue weighted by Crippen LogP contribution is 2.01. The summed E-state index contributed by atoms with van der Waals surface area (Å²) in [4.78, 5) is 34.6. The molecule has 0 fully saturated rings. The molecule has 7 heteroatoms. The third-order valence-corrected chi connectivity index (χ3v) is 2.96. The second-order valence-electron chi connectivity index (χ2n) is 4.77. The number of hydrogen-bond acceptors (Lipinski definition) is 4. The molecule has 7 nitrogen and oxygen atoms in total. The van der Waals surface area contributed by atoms with Crippen molar-refractivity contribution in [1.82, 2.24) is 9.99 Å². The summed E-state index contributed by atoms with van der Waals surface area (Å²) in [6.07, 6.45) is 0.853. The summed E-state index contributed by atoms with van der Waals surface area (Å²) in [7, 11) is 0. The maximum atomic E-state index is 11.8. The van der Waals surface area contributed by atoms with Gasteiger partial charge in [-0.05, 0) is 17.7 Å². The first-order valence-electron chi connectivity index (χ1n) is 6.99. The van der Waals surface area contributed by atoms with Crippen LogP contribution in [0.25, 0.3) is 0 Å². The minimum atomic E-state index is -0.691. The second-order valence-corrected chi connectivity index (χ2v) is 4.77. The smallest absolute Gasteiger partial charge is 0.407 e. The van der Waals surface area contributed by atoms with Gasteiger partial charge in [0.25, 0.3) is 5.91 Å². The molecule has 0 aliphatic carbocycles. The Balaban J connectivity index is 1.74. The summed E-state index contributed by atoms with van der Waals surface area (Å²) in [5.41, 5.74) is 3.69. The van der Waals surface area contributed by atoms with Crippen LogP contribution >= 0.6 is 0 Å². The second kappa shape index (κ2) is 7.79. The van der Waals surface area contributed by atoms with E-state index in [1.165, 1.54) is 11.6 Å². The molecule has 1 aromatic heterocycles. The predicted octanol–water partition coefficient (Wildman–Crippen LogP) is 1.69. The lowest BCUT2D eigenvalue weighted by molar-refractivity contribution is -0.116. The summed E-state index contributed by atoms with van der Waals surface area (Å²) in [6, 6.07) is 12.4. The average molecular weight is 315 g/mol. The molecule has 120 valence electrons. The Bertz CT molecular complexity index is 694. The lowest BCUT2D eigenvalue weighted by Crippen LogP contribution is -2.36. The Hall–Kier alpha value is -3.09. The fourth-order valence-electron chi connectivity index (χ4n) is 1.87. The highest BCUT2D eigenvalue weighted by molar-refractivity contribution is 5.94. The Labute approximate surface area is 133 Å². The molecule has 23 heavy (non-hydrogen) atoms. The van der Waals surface area contributed by atoms with Crippen LogP contribution < -0.4 is 10.7 Å². The van der Waals surface area contributed by atoms with E-state index in [-0.39, 0.29) is 18.9 Å². The van der Waals surface area contributed by atoms with Gasteiger partial charge in [-0.15, -0.1) is 0 Å². The van der Waals surface area contributed by atoms with Gasteiger partial charge in [0.1, 0.15) is 18.8 Å². The highest BCUT2D eigenvalue weighted by Gasteiger charge is 2.10. The summed E-state index contributed by atoms with van der Waals surface area (Å²) in [6.45, 7) is 1.26. The van der Waals surface area contributed by atoms with Gasteiger partial charge in [0.05, 0.1) is 0 Å². The predicted molar refractivity (Wildman–Crippen MR) is 83.4 cm³/mol. The van der Waals surface area contributed by atoms with E-state index < -0.39 is 12.0 Å². The van der Waals surface area contributed by atoms with Crippen molar-refractivity contribution in [2.24, 2.45) is 0 Å². The molecule has 0 radical (unpaired) electrons. The molecule has 0 saturated carbocycles. The molecular formula is C16H17N3O4. The van der Waals surface area contributed by atoms with Gasteiger partial charge >= 0.3 is 6.09 Å². The van der Waals surface area contributed by atoms with Gasteiger partial charge in [0, 0.05) is 13.1 Å². The van der Waals surface area contributed by atoms with Gasteiger partial charge in [-0.2, -0.15) is 0 Å². The van der Waals surface area contributed by atoms with Crippen molar-refractivity contribution in [3.8, 4) is 0 Å². The fourth-order valence-corrected chi connectivity index (χ4v) is 1.87. The number of amides is 2. The van der Waals surface area contributed by atoms with Crippen LogP contribution in [0.5, 0.6) is 0 Å². The van der Waals surface area contributed by atoms with Gasteiger partial charge in [-0.1, -0.05) is 30.3 Å². The molecule has 0 bridgehead atoms. The third kappa shape index (κ3) is 4.99. The molecule has 2 amide bonds. The number of nitrogens with zero attached hydrogens (tertiary/aromatic N) is 1. The quantitative estimate of drug-likeness (QED) is 0.794. The molecular weight excluding hydrogens is 298 g/mol. The SMILES string of the molecule is CC(=O)c1cccn1NC(=O)CNC(=O)OCc1ccccc1. The van der Waals surface area contributed by atoms with E-state index in [2.05, 4.69) is 10.7 Å². The summed E-state index contributed by atoms with van der Waals surface area (Å²) in [5, 5.41) is 2.34. The number of ketones is 1. The van der Waals surface area contributed by atoms with Crippen molar-refractivity contribution in [3.05, 3.63) is 59.9 Å². The minimum absolute atomic E-state index is 0.125. The summed E-state index contributed by atoms with van der Waals surface area (Å²) < 4.78 is 6.29. The van der Waals surface area contributed by atoms with Gasteiger partial charge < -0.3 is 10.1 Å². The lowest BCUT2D eigenvalue weighted by atomic mass is 10.2. The highest BCUT2D eigenvalue weighted by atomic mass is 16.5. The van der Waals surface area contributed by atoms with Crippen LogP contribution in [0.1, 0.15) is 23.0 Å². The molecule has 0 unspecified atom stereocenters. The average Bonchev–Trinajstić information content (AvgIpc) is 3.00. The minimum Gasteiger partial charge on any atom is -0.445 e. The van der Waals surface area contributed by atoms with E-state index in [0.717, 1.165) is 5.56 Å². The fraction of sp³-hybridized carbons (Fsp3) is 0.188. The molecule has 1 heterocycles. The molecule has 0 aliphatic heterocycles. The van der Waals surface area contributed by atoms with Crippen molar-refractivity contribution in [1.29, 1.82) is 0 Å². The molecule has 2 N–H and O–H groups in total. The van der Waals surface area contributed by atoms with Crippen LogP contribution in [-0.4, -0.2) is 29.0 Å². The van der Waals surface area contributed by atoms with E-state index >= 15 is 0 Å². The zero-order valence-corrected chi connectivity index (χ0v) is 12.6. The zero-order chi connectivity index (χ0) is 16.7. The van der Waals surface area contributed by atoms with Gasteiger partial charge in [-0.3, -0.25) is 19.7 Å². The Kier molecular flexibility index (Phi) is 5.51. The Morgan fingerprint density at radius 1 is 1.09 bits per heavy atom. The van der Waals surface area contributed by atoms with E-state index in [0.29, 0.717) is 5.69 Å². The number of carbonyl (C=O) groups excluding carboxylic acids is 3. The number of alkyl carbamates (subject to hydrolysis) is 1. The number of aromatic nitrogens is 1. The van der Waals surface area contributed by atoms with Crippen molar-refractivity contribution in [2.45, 2.75) is 13.5 Å². The third-order valence-electron chi connectivity index (χ3n) is 2.96. The number of rotatable bonds is 6. The lowest BCUT2D eigenvalue weighted by Gasteiger charge is -2.10. The number of Topliss-reactive ketones (excluding diaryl/α,β-unsaturated/α-hetero) is 1. The Morgan fingerprint density at radius 2 is 1.83 bits per heavy atom. The zero-order valence-electron chi connectivity index (χ0n) is 12.6. The normalized spacial score (nSPS) is 9.96. The van der Waals surface area contributed by atoms with Crippen molar-refractivity contribution >= 4 is 17.8 Å². The van der Waals surface area contributed by atoms with Gasteiger partial charge in [0.2, 0.25) is 0 Å². The van der Waals surface area contributed by atoms with Crippen LogP contribution in [0, 0.1) is 0 Å². The number of hydrogen-bond donors (Lipinski definition) is 2. The Morgan fingerprint density at radius 3 is 2.52 bits per heavy atom. The van der Waals surface area contributed by atoms with Gasteiger partial charge in [-0.25, -0.2) is 4.79 Å². The molecule has 2 rings (SSSR count). The van der Waals surface area contributed by atoms with Crippen LogP contribution in [0.4, 0.5) is 4.79 Å². The van der Waals surface area contributed by atoms with Crippen molar-refractivity contribution in [3.63, 3.8) is 0 Å². The number of carbonyl (C=O) groups is 3. The number of ether oxygens (including phenoxy) is 1. The van der Waals surface area contributed by atoms with E-state index in [4.69, 9.17) is 4.74 Å². The van der Waals surface area contributed by atoms with E-state index in [1.807, 2.05) is 30.3 Å². The molecule has 0 aliphatic rings. The molecule has 0 spiro atoms. The van der Waals surface area contributed by atoms with Gasteiger partial charge in [0.15, 0.2) is 5.78 Å². The topological polar surface area (TPSA) is 89.4 Å². The summed E-state index contributed by atoms with van der Waals surface area (Å²) in [5.74, 6) is -0.647.